The Kier molecular flexibility index (Phi) is 5.37. The summed E-state index contributed by atoms with van der Waals surface area (Å²) < 4.78 is 24.7. The van der Waals surface area contributed by atoms with Crippen LogP contribution >= 0.6 is 0 Å². The third-order valence-electron chi connectivity index (χ3n) is 2.36. The molecule has 0 bridgehead atoms. The van der Waals surface area contributed by atoms with E-state index in [-0.39, 0.29) is 12.1 Å². The molecule has 0 spiro atoms. The van der Waals surface area contributed by atoms with Crippen molar-refractivity contribution in [2.75, 3.05) is 13.1 Å². The molecule has 0 radical (unpaired) electrons. The standard InChI is InChI=1S/C12H13F2NO4/c13-12(14)9-3-1-8(2-4-9)5-15(6-10(16)17)7-11(18)19/h1-4,12H,5-7H2,(H,16,17)(H,18,19). The molecule has 0 aliphatic carbocycles. The van der Waals surface area contributed by atoms with Gasteiger partial charge in [-0.25, -0.2) is 8.78 Å². The van der Waals surface area contributed by atoms with E-state index in [1.54, 1.807) is 0 Å². The van der Waals surface area contributed by atoms with Gasteiger partial charge in [-0.1, -0.05) is 24.3 Å². The Bertz CT molecular complexity index is 432. The quantitative estimate of drug-likeness (QED) is 0.789. The highest BCUT2D eigenvalue weighted by molar-refractivity contribution is 5.72. The molecule has 104 valence electrons. The van der Waals surface area contributed by atoms with Crippen LogP contribution in [0.5, 0.6) is 0 Å². The van der Waals surface area contributed by atoms with Crippen LogP contribution in [-0.2, 0) is 16.1 Å². The topological polar surface area (TPSA) is 77.8 Å². The maximum Gasteiger partial charge on any atom is 0.317 e. The molecule has 7 heteroatoms. The molecule has 1 aromatic carbocycles. The number of nitrogens with zero attached hydrogens (tertiary/aromatic N) is 1. The molecular weight excluding hydrogens is 260 g/mol. The Labute approximate surface area is 108 Å². The van der Waals surface area contributed by atoms with E-state index in [2.05, 4.69) is 0 Å². The van der Waals surface area contributed by atoms with Gasteiger partial charge in [-0.15, -0.1) is 0 Å². The Morgan fingerprint density at radius 3 is 1.89 bits per heavy atom. The minimum atomic E-state index is -2.57. The molecule has 0 saturated carbocycles. The van der Waals surface area contributed by atoms with E-state index in [0.29, 0.717) is 5.56 Å². The van der Waals surface area contributed by atoms with Crippen molar-refractivity contribution < 1.29 is 28.6 Å². The second-order valence-electron chi connectivity index (χ2n) is 3.97. The Morgan fingerprint density at radius 2 is 1.53 bits per heavy atom. The average molecular weight is 273 g/mol. The molecule has 19 heavy (non-hydrogen) atoms. The van der Waals surface area contributed by atoms with Crippen molar-refractivity contribution in [3.8, 4) is 0 Å². The van der Waals surface area contributed by atoms with Gasteiger partial charge in [0.15, 0.2) is 0 Å². The molecule has 1 aromatic rings. The fraction of sp³-hybridized carbons (Fsp3) is 0.333. The van der Waals surface area contributed by atoms with Crippen LogP contribution in [0, 0.1) is 0 Å². The molecule has 5 nitrogen and oxygen atoms in total. The van der Waals surface area contributed by atoms with Crippen molar-refractivity contribution in [3.05, 3.63) is 35.4 Å². The van der Waals surface area contributed by atoms with Crippen molar-refractivity contribution in [1.29, 1.82) is 0 Å². The molecule has 0 heterocycles. The number of aliphatic carboxylic acids is 2. The highest BCUT2D eigenvalue weighted by atomic mass is 19.3. The van der Waals surface area contributed by atoms with Crippen LogP contribution in [0.1, 0.15) is 17.6 Å². The summed E-state index contributed by atoms with van der Waals surface area (Å²) in [6.45, 7) is -0.784. The first kappa shape index (κ1) is 15.0. The molecule has 0 aromatic heterocycles. The van der Waals surface area contributed by atoms with Gasteiger partial charge in [0.05, 0.1) is 13.1 Å². The molecule has 0 atom stereocenters. The molecule has 2 N–H and O–H groups in total. The summed E-state index contributed by atoms with van der Waals surface area (Å²) in [6, 6.07) is 5.33. The van der Waals surface area contributed by atoms with Crippen LogP contribution in [0.2, 0.25) is 0 Å². The van der Waals surface area contributed by atoms with E-state index in [0.717, 1.165) is 0 Å². The van der Waals surface area contributed by atoms with E-state index < -0.39 is 31.5 Å². The molecule has 0 aliphatic rings. The lowest BCUT2D eigenvalue weighted by Gasteiger charge is -2.18. The van der Waals surface area contributed by atoms with Crippen molar-refractivity contribution in [1.82, 2.24) is 4.90 Å². The lowest BCUT2D eigenvalue weighted by Crippen LogP contribution is -2.33. The zero-order valence-corrected chi connectivity index (χ0v) is 9.92. The second-order valence-corrected chi connectivity index (χ2v) is 3.97. The second kappa shape index (κ2) is 6.79. The van der Waals surface area contributed by atoms with Gasteiger partial charge in [0.25, 0.3) is 6.43 Å². The number of hydrogen-bond donors (Lipinski definition) is 2. The van der Waals surface area contributed by atoms with Crippen LogP contribution in [-0.4, -0.2) is 40.1 Å². The zero-order valence-electron chi connectivity index (χ0n) is 9.92. The third kappa shape index (κ3) is 5.43. The molecule has 0 unspecified atom stereocenters. The predicted molar refractivity (Wildman–Crippen MR) is 61.9 cm³/mol. The number of benzene rings is 1. The van der Waals surface area contributed by atoms with Crippen LogP contribution in [0.4, 0.5) is 8.78 Å². The maximum absolute atomic E-state index is 12.3. The molecular formula is C12H13F2NO4. The van der Waals surface area contributed by atoms with Gasteiger partial charge in [-0.3, -0.25) is 14.5 Å². The Balaban J connectivity index is 2.72. The van der Waals surface area contributed by atoms with E-state index >= 15 is 0 Å². The smallest absolute Gasteiger partial charge is 0.317 e. The highest BCUT2D eigenvalue weighted by Crippen LogP contribution is 2.19. The number of rotatable bonds is 7. The SMILES string of the molecule is O=C(O)CN(CC(=O)O)Cc1ccc(C(F)F)cc1. The predicted octanol–water partition coefficient (Wildman–Crippen LogP) is 1.60. The maximum atomic E-state index is 12.3. The molecule has 0 fully saturated rings. The summed E-state index contributed by atoms with van der Waals surface area (Å²) in [5.74, 6) is -2.30. The molecule has 0 saturated heterocycles. The summed E-state index contributed by atoms with van der Waals surface area (Å²) in [6.07, 6.45) is -2.57. The van der Waals surface area contributed by atoms with Gasteiger partial charge < -0.3 is 10.2 Å². The molecule has 0 amide bonds. The van der Waals surface area contributed by atoms with Gasteiger partial charge in [0.2, 0.25) is 0 Å². The minimum absolute atomic E-state index is 0.0715. The van der Waals surface area contributed by atoms with Crippen LogP contribution in [0.3, 0.4) is 0 Å². The minimum Gasteiger partial charge on any atom is -0.480 e. The van der Waals surface area contributed by atoms with E-state index in [1.165, 1.54) is 29.2 Å². The fourth-order valence-electron chi connectivity index (χ4n) is 1.58. The van der Waals surface area contributed by atoms with E-state index in [4.69, 9.17) is 10.2 Å². The monoisotopic (exact) mass is 273 g/mol. The summed E-state index contributed by atoms with van der Waals surface area (Å²) in [5, 5.41) is 17.3. The average Bonchev–Trinajstić information content (AvgIpc) is 2.27. The van der Waals surface area contributed by atoms with Gasteiger partial charge in [-0.2, -0.15) is 0 Å². The largest absolute Gasteiger partial charge is 0.480 e. The normalized spacial score (nSPS) is 10.9. The number of halogens is 2. The third-order valence-corrected chi connectivity index (χ3v) is 2.36. The van der Waals surface area contributed by atoms with Crippen molar-refractivity contribution >= 4 is 11.9 Å². The van der Waals surface area contributed by atoms with E-state index in [1.807, 2.05) is 0 Å². The Morgan fingerprint density at radius 1 is 1.05 bits per heavy atom. The number of carbonyl (C=O) groups is 2. The first-order chi connectivity index (χ1) is 8.88. The van der Waals surface area contributed by atoms with Gasteiger partial charge in [-0.05, 0) is 5.56 Å². The van der Waals surface area contributed by atoms with Crippen molar-refractivity contribution in [2.24, 2.45) is 0 Å². The van der Waals surface area contributed by atoms with Crippen LogP contribution in [0.25, 0.3) is 0 Å². The first-order valence-corrected chi connectivity index (χ1v) is 5.41. The molecule has 1 rings (SSSR count). The number of hydrogen-bond acceptors (Lipinski definition) is 3. The lowest BCUT2D eigenvalue weighted by atomic mass is 10.1. The summed E-state index contributed by atoms with van der Waals surface area (Å²) in [7, 11) is 0. The van der Waals surface area contributed by atoms with Gasteiger partial charge in [0.1, 0.15) is 0 Å². The number of alkyl halides is 2. The van der Waals surface area contributed by atoms with Crippen molar-refractivity contribution in [2.45, 2.75) is 13.0 Å². The first-order valence-electron chi connectivity index (χ1n) is 5.41. The highest BCUT2D eigenvalue weighted by Gasteiger charge is 2.14. The van der Waals surface area contributed by atoms with Crippen LogP contribution < -0.4 is 0 Å². The van der Waals surface area contributed by atoms with Gasteiger partial charge in [0, 0.05) is 12.1 Å². The number of carboxylic acid groups (broad SMARTS) is 2. The molecule has 0 aliphatic heterocycles. The zero-order chi connectivity index (χ0) is 14.4. The van der Waals surface area contributed by atoms with Crippen molar-refractivity contribution in [3.63, 3.8) is 0 Å². The van der Waals surface area contributed by atoms with Gasteiger partial charge >= 0.3 is 11.9 Å². The summed E-state index contributed by atoms with van der Waals surface area (Å²) >= 11 is 0. The number of carboxylic acids is 2. The fourth-order valence-corrected chi connectivity index (χ4v) is 1.58. The van der Waals surface area contributed by atoms with E-state index in [9.17, 15) is 18.4 Å². The lowest BCUT2D eigenvalue weighted by molar-refractivity contribution is -0.142. The summed E-state index contributed by atoms with van der Waals surface area (Å²) in [4.78, 5) is 22.4. The Hall–Kier alpha value is -2.02. The van der Waals surface area contributed by atoms with Crippen LogP contribution in [0.15, 0.2) is 24.3 Å². The summed E-state index contributed by atoms with van der Waals surface area (Å²) in [5.41, 5.74) is 0.443.